The average Bonchev–Trinajstić information content (AvgIpc) is 2.38. The third-order valence-electron chi connectivity index (χ3n) is 4.07. The topological polar surface area (TPSA) is 64.4 Å². The SMILES string of the molecule is CC(C)(C)C(N)CC(=O)NCCCOC1CCCCC1. The first kappa shape index (κ1) is 17.4. The fraction of sp³-hybridized carbons (Fsp3) is 0.938. The van der Waals surface area contributed by atoms with Gasteiger partial charge in [0.1, 0.15) is 0 Å². The average molecular weight is 284 g/mol. The van der Waals surface area contributed by atoms with Crippen molar-refractivity contribution in [2.24, 2.45) is 11.1 Å². The quantitative estimate of drug-likeness (QED) is 0.706. The Morgan fingerprint density at radius 3 is 2.55 bits per heavy atom. The van der Waals surface area contributed by atoms with Gasteiger partial charge in [-0.05, 0) is 24.7 Å². The van der Waals surface area contributed by atoms with Gasteiger partial charge in [0.15, 0.2) is 0 Å². The summed E-state index contributed by atoms with van der Waals surface area (Å²) in [5, 5.41) is 2.92. The van der Waals surface area contributed by atoms with Crippen LogP contribution in [0.15, 0.2) is 0 Å². The second kappa shape index (κ2) is 8.63. The van der Waals surface area contributed by atoms with Crippen LogP contribution < -0.4 is 11.1 Å². The molecule has 0 bridgehead atoms. The van der Waals surface area contributed by atoms with Crippen LogP contribution in [0.3, 0.4) is 0 Å². The van der Waals surface area contributed by atoms with E-state index in [1.54, 1.807) is 0 Å². The van der Waals surface area contributed by atoms with E-state index < -0.39 is 0 Å². The maximum absolute atomic E-state index is 11.7. The Morgan fingerprint density at radius 2 is 1.95 bits per heavy atom. The van der Waals surface area contributed by atoms with Crippen molar-refractivity contribution < 1.29 is 9.53 Å². The number of hydrogen-bond donors (Lipinski definition) is 2. The van der Waals surface area contributed by atoms with Crippen molar-refractivity contribution in [3.63, 3.8) is 0 Å². The van der Waals surface area contributed by atoms with Crippen LogP contribution in [0.2, 0.25) is 0 Å². The van der Waals surface area contributed by atoms with Crippen molar-refractivity contribution in [3.05, 3.63) is 0 Å². The second-order valence-corrected chi connectivity index (χ2v) is 7.01. The molecule has 4 nitrogen and oxygen atoms in total. The highest BCUT2D eigenvalue weighted by atomic mass is 16.5. The molecule has 1 saturated carbocycles. The molecular weight excluding hydrogens is 252 g/mol. The molecule has 1 aliphatic carbocycles. The lowest BCUT2D eigenvalue weighted by atomic mass is 9.85. The van der Waals surface area contributed by atoms with Crippen molar-refractivity contribution in [1.29, 1.82) is 0 Å². The molecule has 20 heavy (non-hydrogen) atoms. The fourth-order valence-electron chi connectivity index (χ4n) is 2.36. The summed E-state index contributed by atoms with van der Waals surface area (Å²) in [7, 11) is 0. The van der Waals surface area contributed by atoms with Gasteiger partial charge in [0.25, 0.3) is 0 Å². The van der Waals surface area contributed by atoms with Crippen LogP contribution in [0.5, 0.6) is 0 Å². The molecule has 0 saturated heterocycles. The van der Waals surface area contributed by atoms with Crippen LogP contribution in [0.4, 0.5) is 0 Å². The highest BCUT2D eigenvalue weighted by Crippen LogP contribution is 2.20. The summed E-state index contributed by atoms with van der Waals surface area (Å²) < 4.78 is 5.82. The minimum absolute atomic E-state index is 0.0264. The Hall–Kier alpha value is -0.610. The third-order valence-corrected chi connectivity index (χ3v) is 4.07. The van der Waals surface area contributed by atoms with Crippen LogP contribution >= 0.6 is 0 Å². The zero-order valence-electron chi connectivity index (χ0n) is 13.4. The highest BCUT2D eigenvalue weighted by Gasteiger charge is 2.22. The van der Waals surface area contributed by atoms with Crippen molar-refractivity contribution in [3.8, 4) is 0 Å². The molecule has 0 aromatic carbocycles. The predicted octanol–water partition coefficient (Wildman–Crippen LogP) is 2.61. The van der Waals surface area contributed by atoms with Crippen LogP contribution in [-0.4, -0.2) is 31.2 Å². The first-order valence-corrected chi connectivity index (χ1v) is 8.03. The standard InChI is InChI=1S/C16H32N2O2/c1-16(2,3)14(17)12-15(19)18-10-7-11-20-13-8-5-4-6-9-13/h13-14H,4-12,17H2,1-3H3,(H,18,19). The molecular formula is C16H32N2O2. The Morgan fingerprint density at radius 1 is 1.30 bits per heavy atom. The molecule has 1 fully saturated rings. The molecule has 118 valence electrons. The minimum Gasteiger partial charge on any atom is -0.378 e. The summed E-state index contributed by atoms with van der Waals surface area (Å²) >= 11 is 0. The maximum Gasteiger partial charge on any atom is 0.221 e. The zero-order chi connectivity index (χ0) is 15.0. The lowest BCUT2D eigenvalue weighted by Gasteiger charge is -2.26. The first-order valence-electron chi connectivity index (χ1n) is 8.03. The smallest absolute Gasteiger partial charge is 0.221 e. The van der Waals surface area contributed by atoms with Crippen molar-refractivity contribution in [2.45, 2.75) is 77.9 Å². The molecule has 0 radical (unpaired) electrons. The molecule has 3 N–H and O–H groups in total. The molecule has 0 aromatic rings. The molecule has 4 heteroatoms. The predicted molar refractivity (Wildman–Crippen MR) is 82.5 cm³/mol. The normalized spacial score (nSPS) is 18.8. The lowest BCUT2D eigenvalue weighted by molar-refractivity contribution is -0.122. The Labute approximate surface area is 123 Å². The van der Waals surface area contributed by atoms with Crippen molar-refractivity contribution in [1.82, 2.24) is 5.32 Å². The molecule has 0 aromatic heterocycles. The number of nitrogens with two attached hydrogens (primary N) is 1. The molecule has 0 aliphatic heterocycles. The van der Waals surface area contributed by atoms with Gasteiger partial charge in [-0.15, -0.1) is 0 Å². The number of rotatable bonds is 7. The molecule has 1 atom stereocenters. The highest BCUT2D eigenvalue weighted by molar-refractivity contribution is 5.76. The van der Waals surface area contributed by atoms with E-state index in [2.05, 4.69) is 26.1 Å². The van der Waals surface area contributed by atoms with Gasteiger partial charge in [-0.25, -0.2) is 0 Å². The summed E-state index contributed by atoms with van der Waals surface area (Å²) in [5.74, 6) is 0.0464. The maximum atomic E-state index is 11.7. The van der Waals surface area contributed by atoms with E-state index in [1.165, 1.54) is 32.1 Å². The van der Waals surface area contributed by atoms with Crippen LogP contribution in [-0.2, 0) is 9.53 Å². The van der Waals surface area contributed by atoms with Crippen molar-refractivity contribution in [2.75, 3.05) is 13.2 Å². The van der Waals surface area contributed by atoms with Gasteiger partial charge in [0.05, 0.1) is 6.10 Å². The number of nitrogens with one attached hydrogen (secondary N) is 1. The lowest BCUT2D eigenvalue weighted by Crippen LogP contribution is -2.40. The number of amides is 1. The van der Waals surface area contributed by atoms with Gasteiger partial charge in [-0.3, -0.25) is 4.79 Å². The van der Waals surface area contributed by atoms with E-state index in [-0.39, 0.29) is 17.4 Å². The largest absolute Gasteiger partial charge is 0.378 e. The Kier molecular flexibility index (Phi) is 7.52. The number of hydrogen-bond acceptors (Lipinski definition) is 3. The van der Waals surface area contributed by atoms with E-state index in [0.29, 0.717) is 19.1 Å². The van der Waals surface area contributed by atoms with Crippen LogP contribution in [0.25, 0.3) is 0 Å². The Balaban J connectivity index is 2.01. The molecule has 1 unspecified atom stereocenters. The van der Waals surface area contributed by atoms with Crippen molar-refractivity contribution >= 4 is 5.91 Å². The zero-order valence-corrected chi connectivity index (χ0v) is 13.4. The monoisotopic (exact) mass is 284 g/mol. The summed E-state index contributed by atoms with van der Waals surface area (Å²) in [6, 6.07) is -0.0963. The van der Waals surface area contributed by atoms with E-state index in [4.69, 9.17) is 10.5 Å². The number of carbonyl (C=O) groups is 1. The van der Waals surface area contributed by atoms with Gasteiger partial charge < -0.3 is 15.8 Å². The Bertz CT molecular complexity index is 281. The number of carbonyl (C=O) groups excluding carboxylic acids is 1. The van der Waals surface area contributed by atoms with Gasteiger partial charge in [-0.1, -0.05) is 40.0 Å². The van der Waals surface area contributed by atoms with E-state index in [9.17, 15) is 4.79 Å². The fourth-order valence-corrected chi connectivity index (χ4v) is 2.36. The molecule has 1 aliphatic rings. The van der Waals surface area contributed by atoms with Crippen LogP contribution in [0.1, 0.15) is 65.7 Å². The molecule has 0 heterocycles. The van der Waals surface area contributed by atoms with E-state index in [0.717, 1.165) is 13.0 Å². The third kappa shape index (κ3) is 7.25. The first-order chi connectivity index (χ1) is 9.39. The van der Waals surface area contributed by atoms with Gasteiger partial charge in [0, 0.05) is 25.6 Å². The summed E-state index contributed by atoms with van der Waals surface area (Å²) in [6.07, 6.45) is 8.08. The van der Waals surface area contributed by atoms with Gasteiger partial charge in [0.2, 0.25) is 5.91 Å². The van der Waals surface area contributed by atoms with E-state index in [1.807, 2.05) is 0 Å². The summed E-state index contributed by atoms with van der Waals surface area (Å²) in [4.78, 5) is 11.7. The number of ether oxygens (including phenoxy) is 1. The molecule has 0 spiro atoms. The summed E-state index contributed by atoms with van der Waals surface area (Å²) in [6.45, 7) is 7.60. The van der Waals surface area contributed by atoms with Gasteiger partial charge in [-0.2, -0.15) is 0 Å². The van der Waals surface area contributed by atoms with Crippen LogP contribution in [0, 0.1) is 5.41 Å². The van der Waals surface area contributed by atoms with Gasteiger partial charge >= 0.3 is 0 Å². The van der Waals surface area contributed by atoms with E-state index >= 15 is 0 Å². The molecule has 1 rings (SSSR count). The summed E-state index contributed by atoms with van der Waals surface area (Å²) in [5.41, 5.74) is 5.97. The molecule has 1 amide bonds. The second-order valence-electron chi connectivity index (χ2n) is 7.01. The minimum atomic E-state index is -0.0963.